The van der Waals surface area contributed by atoms with Crippen LogP contribution in [0.3, 0.4) is 0 Å². The summed E-state index contributed by atoms with van der Waals surface area (Å²) in [5.74, 6) is -1.57. The normalized spacial score (nSPS) is 16.2. The van der Waals surface area contributed by atoms with Gasteiger partial charge in [-0.05, 0) is 35.6 Å². The third kappa shape index (κ3) is 9.52. The maximum absolute atomic E-state index is 13.4. The van der Waals surface area contributed by atoms with Crippen LogP contribution in [0.1, 0.15) is 36.5 Å². The number of rotatable bonds is 13. The van der Waals surface area contributed by atoms with Crippen LogP contribution < -0.4 is 5.73 Å². The van der Waals surface area contributed by atoms with Crippen molar-refractivity contribution >= 4 is 38.3 Å². The highest BCUT2D eigenvalue weighted by atomic mass is 28.3. The summed E-state index contributed by atoms with van der Waals surface area (Å²) >= 11 is 0. The fourth-order valence-corrected chi connectivity index (χ4v) is 7.37. The van der Waals surface area contributed by atoms with Crippen molar-refractivity contribution < 1.29 is 33.4 Å². The number of esters is 1. The molecule has 3 aromatic rings. The zero-order valence-corrected chi connectivity index (χ0v) is 28.0. The Morgan fingerprint density at radius 2 is 1.30 bits per heavy atom. The zero-order valence-electron chi connectivity index (χ0n) is 27.0. The van der Waals surface area contributed by atoms with E-state index in [2.05, 4.69) is 18.1 Å². The molecular weight excluding hydrogens is 616 g/mol. The van der Waals surface area contributed by atoms with Gasteiger partial charge in [-0.15, -0.1) is 4.99 Å². The third-order valence-electron chi connectivity index (χ3n) is 8.21. The Labute approximate surface area is 276 Å². The van der Waals surface area contributed by atoms with Crippen molar-refractivity contribution in [3.63, 3.8) is 0 Å². The summed E-state index contributed by atoms with van der Waals surface area (Å²) in [7, 11) is -2.22. The average Bonchev–Trinajstić information content (AvgIpc) is 3.08. The van der Waals surface area contributed by atoms with Crippen molar-refractivity contribution in [2.75, 3.05) is 6.54 Å². The van der Waals surface area contributed by atoms with Crippen molar-refractivity contribution in [3.05, 3.63) is 108 Å². The molecule has 1 heterocycles. The molecular formula is C35H42N4O7Si. The van der Waals surface area contributed by atoms with Crippen LogP contribution in [-0.2, 0) is 43.6 Å². The maximum Gasteiger partial charge on any atom is 0.437 e. The second kappa shape index (κ2) is 16.5. The molecule has 0 radical (unpaired) electrons. The Morgan fingerprint density at radius 1 is 0.809 bits per heavy atom. The number of benzene rings is 3. The lowest BCUT2D eigenvalue weighted by atomic mass is 9.86. The van der Waals surface area contributed by atoms with Gasteiger partial charge in [0.15, 0.2) is 8.24 Å². The monoisotopic (exact) mass is 658 g/mol. The molecule has 1 aliphatic rings. The lowest BCUT2D eigenvalue weighted by molar-refractivity contribution is -0.169. The molecule has 0 saturated carbocycles. The number of guanidine groups is 1. The smallest absolute Gasteiger partial charge is 0.437 e. The summed E-state index contributed by atoms with van der Waals surface area (Å²) in [6.07, 6.45) is -1.23. The van der Waals surface area contributed by atoms with Gasteiger partial charge >= 0.3 is 18.2 Å². The number of hydrogen-bond acceptors (Lipinski definition) is 7. The molecule has 248 valence electrons. The Hall–Kier alpha value is -4.97. The van der Waals surface area contributed by atoms with Gasteiger partial charge < -0.3 is 24.5 Å². The fraction of sp³-hybridized carbons (Fsp3) is 0.343. The molecule has 3 aromatic carbocycles. The second-order valence-corrected chi connectivity index (χ2v) is 16.7. The van der Waals surface area contributed by atoms with Crippen molar-refractivity contribution in [2.45, 2.75) is 64.8 Å². The molecule has 1 fully saturated rings. The van der Waals surface area contributed by atoms with Gasteiger partial charge in [0.25, 0.3) is 0 Å². The minimum atomic E-state index is -2.22. The Kier molecular flexibility index (Phi) is 12.3. The van der Waals surface area contributed by atoms with E-state index in [1.165, 1.54) is 0 Å². The van der Waals surface area contributed by atoms with Gasteiger partial charge in [-0.2, -0.15) is 0 Å². The molecule has 12 heteroatoms. The second-order valence-electron chi connectivity index (χ2n) is 11.9. The number of carbonyl (C=O) groups is 4. The summed E-state index contributed by atoms with van der Waals surface area (Å²) in [4.78, 5) is 57.3. The molecule has 1 aliphatic heterocycles. The summed E-state index contributed by atoms with van der Waals surface area (Å²) in [5.41, 5.74) is 8.52. The van der Waals surface area contributed by atoms with Gasteiger partial charge in [0.2, 0.25) is 11.9 Å². The number of hydrogen-bond donors (Lipinski definition) is 1. The number of carbonyl (C=O) groups excluding carboxylic acids is 4. The quantitative estimate of drug-likeness (QED) is 0.0602. The van der Waals surface area contributed by atoms with E-state index >= 15 is 0 Å². The third-order valence-corrected chi connectivity index (χ3v) is 11.7. The maximum atomic E-state index is 13.4. The average molecular weight is 659 g/mol. The van der Waals surface area contributed by atoms with Crippen molar-refractivity contribution in [3.8, 4) is 0 Å². The Balaban J connectivity index is 1.44. The lowest BCUT2D eigenvalue weighted by Crippen LogP contribution is -2.72. The minimum absolute atomic E-state index is 0.0148. The zero-order chi connectivity index (χ0) is 33.8. The summed E-state index contributed by atoms with van der Waals surface area (Å²) in [6, 6.07) is 27.6. The van der Waals surface area contributed by atoms with E-state index in [0.29, 0.717) is 0 Å². The van der Waals surface area contributed by atoms with Gasteiger partial charge in [-0.3, -0.25) is 4.79 Å². The molecule has 0 bridgehead atoms. The van der Waals surface area contributed by atoms with Gasteiger partial charge in [-0.1, -0.05) is 111 Å². The van der Waals surface area contributed by atoms with Crippen LogP contribution in [0.25, 0.3) is 0 Å². The molecule has 4 rings (SSSR count). The van der Waals surface area contributed by atoms with E-state index < -0.39 is 44.3 Å². The first-order valence-electron chi connectivity index (χ1n) is 15.7. The van der Waals surface area contributed by atoms with Crippen LogP contribution in [0.5, 0.6) is 0 Å². The molecule has 0 aliphatic carbocycles. The predicted octanol–water partition coefficient (Wildman–Crippen LogP) is 5.85. The van der Waals surface area contributed by atoms with Gasteiger partial charge in [0.1, 0.15) is 25.9 Å². The van der Waals surface area contributed by atoms with Crippen LogP contribution in [0, 0.1) is 5.92 Å². The number of aliphatic imine (C=N–C) groups is 1. The van der Waals surface area contributed by atoms with Gasteiger partial charge in [-0.25, -0.2) is 19.3 Å². The SMILES string of the molecule is CC[Si](C)(C)N1C(=O)[C@H](CCCN(C(=O)OCc2ccccc2)/C(N)=N/C(=O)OCc2ccccc2)C1C(=O)OCc1ccccc1. The number of β-lactam (4-membered cyclic amide) rings is 1. The van der Waals surface area contributed by atoms with E-state index in [9.17, 15) is 19.2 Å². The molecule has 2 atom stereocenters. The van der Waals surface area contributed by atoms with Crippen molar-refractivity contribution in [1.29, 1.82) is 0 Å². The van der Waals surface area contributed by atoms with E-state index in [4.69, 9.17) is 19.9 Å². The van der Waals surface area contributed by atoms with Crippen molar-refractivity contribution in [2.24, 2.45) is 16.6 Å². The molecule has 11 nitrogen and oxygen atoms in total. The predicted molar refractivity (Wildman–Crippen MR) is 179 cm³/mol. The van der Waals surface area contributed by atoms with E-state index in [1.54, 1.807) is 16.7 Å². The Morgan fingerprint density at radius 3 is 1.81 bits per heavy atom. The molecule has 2 N–H and O–H groups in total. The molecule has 3 amide bonds. The van der Waals surface area contributed by atoms with Gasteiger partial charge in [0, 0.05) is 6.54 Å². The van der Waals surface area contributed by atoms with Crippen LogP contribution in [0.15, 0.2) is 96.0 Å². The highest BCUT2D eigenvalue weighted by Crippen LogP contribution is 2.37. The lowest BCUT2D eigenvalue weighted by Gasteiger charge is -2.53. The van der Waals surface area contributed by atoms with Crippen molar-refractivity contribution in [1.82, 2.24) is 9.47 Å². The first kappa shape index (κ1) is 34.9. The van der Waals surface area contributed by atoms with E-state index in [0.717, 1.165) is 27.6 Å². The first-order chi connectivity index (χ1) is 22.6. The topological polar surface area (TPSA) is 141 Å². The Bertz CT molecular complexity index is 1540. The molecule has 1 saturated heterocycles. The van der Waals surface area contributed by atoms with Crippen LogP contribution >= 0.6 is 0 Å². The standard InChI is InChI=1S/C35H42N4O7Si/c1-4-47(2,3)39-30(32(41)44-23-26-15-8-5-9-16-26)29(31(39)40)21-14-22-38(35(43)46-25-28-19-12-7-13-20-28)33(36)37-34(42)45-24-27-17-10-6-11-18-27/h5-13,15-20,29-30H,4,14,21-25H2,1-3H3,(H2,36,37,42)/t29-,30?/m1/s1. The number of ether oxygens (including phenoxy) is 3. The van der Waals surface area contributed by atoms with Crippen LogP contribution in [0.2, 0.25) is 19.1 Å². The summed E-state index contributed by atoms with van der Waals surface area (Å²) in [5, 5.41) is 0. The largest absolute Gasteiger partial charge is 0.459 e. The molecule has 0 aromatic heterocycles. The highest BCUT2D eigenvalue weighted by Gasteiger charge is 2.56. The highest BCUT2D eigenvalue weighted by molar-refractivity contribution is 6.77. The minimum Gasteiger partial charge on any atom is -0.459 e. The van der Waals surface area contributed by atoms with E-state index in [1.807, 2.05) is 85.8 Å². The summed E-state index contributed by atoms with van der Waals surface area (Å²) in [6.45, 7) is 6.17. The fourth-order valence-electron chi connectivity index (χ4n) is 5.23. The van der Waals surface area contributed by atoms with Gasteiger partial charge in [0.05, 0.1) is 5.92 Å². The number of nitrogens with zero attached hydrogens (tertiary/aromatic N) is 3. The number of nitrogens with two attached hydrogens (primary N) is 1. The summed E-state index contributed by atoms with van der Waals surface area (Å²) < 4.78 is 18.1. The van der Waals surface area contributed by atoms with Crippen LogP contribution in [0.4, 0.5) is 9.59 Å². The van der Waals surface area contributed by atoms with Crippen LogP contribution in [-0.4, -0.2) is 60.3 Å². The molecule has 1 unspecified atom stereocenters. The molecule has 0 spiro atoms. The van der Waals surface area contributed by atoms with E-state index in [-0.39, 0.29) is 45.1 Å². The molecule has 47 heavy (non-hydrogen) atoms. The number of amides is 3. The first-order valence-corrected chi connectivity index (χ1v) is 18.8.